The SMILES string of the molecule is CCCCc1cnc(PCl)c(CCCC)c1CCCC. The molecule has 3 heteroatoms. The maximum Gasteiger partial charge on any atom is 0.0790 e. The predicted octanol–water partition coefficient (Wildman–Crippen LogP) is 5.57. The van der Waals surface area contributed by atoms with Crippen LogP contribution in [0.4, 0.5) is 0 Å². The number of hydrogen-bond acceptors (Lipinski definition) is 1. The molecule has 1 aromatic rings. The Hall–Kier alpha value is -0.130. The van der Waals surface area contributed by atoms with E-state index in [0.717, 1.165) is 11.9 Å². The van der Waals surface area contributed by atoms with Gasteiger partial charge in [-0.2, -0.15) is 0 Å². The van der Waals surface area contributed by atoms with Crippen LogP contribution in [0.25, 0.3) is 0 Å². The van der Waals surface area contributed by atoms with Crippen molar-refractivity contribution in [3.8, 4) is 0 Å². The number of pyridine rings is 1. The first-order chi connectivity index (χ1) is 9.78. The first kappa shape index (κ1) is 17.9. The molecule has 1 unspecified atom stereocenters. The van der Waals surface area contributed by atoms with Gasteiger partial charge in [0.25, 0.3) is 0 Å². The van der Waals surface area contributed by atoms with Gasteiger partial charge in [0.1, 0.15) is 0 Å². The lowest BCUT2D eigenvalue weighted by Crippen LogP contribution is -2.15. The highest BCUT2D eigenvalue weighted by molar-refractivity contribution is 7.74. The van der Waals surface area contributed by atoms with E-state index < -0.39 is 0 Å². The van der Waals surface area contributed by atoms with E-state index in [4.69, 9.17) is 11.2 Å². The standard InChI is InChI=1S/C17H29ClNP/c1-4-7-10-14-13-19-17(20-18)16(12-9-6-3)15(14)11-8-5-2/h13,20H,4-12H2,1-3H3. The Morgan fingerprint density at radius 2 is 1.45 bits per heavy atom. The summed E-state index contributed by atoms with van der Waals surface area (Å²) >= 11 is 6.14. The zero-order valence-electron chi connectivity index (χ0n) is 13.3. The highest BCUT2D eigenvalue weighted by Gasteiger charge is 2.13. The van der Waals surface area contributed by atoms with Crippen LogP contribution in [-0.4, -0.2) is 4.98 Å². The third-order valence-corrected chi connectivity index (χ3v) is 4.98. The maximum absolute atomic E-state index is 6.14. The third kappa shape index (κ3) is 5.34. The average molecular weight is 314 g/mol. The van der Waals surface area contributed by atoms with Crippen molar-refractivity contribution in [2.45, 2.75) is 78.6 Å². The highest BCUT2D eigenvalue weighted by Crippen LogP contribution is 2.25. The molecule has 0 aliphatic rings. The van der Waals surface area contributed by atoms with Gasteiger partial charge in [0.15, 0.2) is 0 Å². The summed E-state index contributed by atoms with van der Waals surface area (Å²) in [5, 5.41) is 0. The maximum atomic E-state index is 6.14. The molecule has 0 aliphatic carbocycles. The number of rotatable bonds is 10. The molecule has 0 bridgehead atoms. The van der Waals surface area contributed by atoms with Gasteiger partial charge in [-0.15, -0.1) is 0 Å². The third-order valence-electron chi connectivity index (χ3n) is 3.84. The molecule has 1 rings (SSSR count). The number of aryl methyl sites for hydroxylation is 1. The van der Waals surface area contributed by atoms with Crippen molar-refractivity contribution in [3.05, 3.63) is 22.9 Å². The van der Waals surface area contributed by atoms with E-state index in [1.54, 1.807) is 5.56 Å². The molecule has 0 saturated carbocycles. The molecule has 0 spiro atoms. The van der Waals surface area contributed by atoms with Crippen molar-refractivity contribution in [2.75, 3.05) is 0 Å². The molecule has 1 atom stereocenters. The van der Waals surface area contributed by atoms with Crippen LogP contribution in [-0.2, 0) is 19.3 Å². The number of hydrogen-bond donors (Lipinski definition) is 0. The van der Waals surface area contributed by atoms with Gasteiger partial charge < -0.3 is 0 Å². The van der Waals surface area contributed by atoms with Crippen molar-refractivity contribution >= 4 is 24.6 Å². The van der Waals surface area contributed by atoms with Crippen LogP contribution < -0.4 is 5.44 Å². The molecular formula is C17H29ClNP. The van der Waals surface area contributed by atoms with Gasteiger partial charge in [0, 0.05) is 14.1 Å². The Labute approximate surface area is 131 Å². The summed E-state index contributed by atoms with van der Waals surface area (Å²) in [4.78, 5) is 4.65. The van der Waals surface area contributed by atoms with E-state index in [0.29, 0.717) is 7.93 Å². The van der Waals surface area contributed by atoms with Gasteiger partial charge in [0.05, 0.1) is 5.44 Å². The lowest BCUT2D eigenvalue weighted by atomic mass is 9.93. The molecule has 20 heavy (non-hydrogen) atoms. The molecule has 0 amide bonds. The van der Waals surface area contributed by atoms with Crippen LogP contribution in [0.5, 0.6) is 0 Å². The Morgan fingerprint density at radius 1 is 0.900 bits per heavy atom. The molecule has 114 valence electrons. The van der Waals surface area contributed by atoms with Crippen molar-refractivity contribution in [2.24, 2.45) is 0 Å². The first-order valence-corrected chi connectivity index (χ1v) is 10.2. The van der Waals surface area contributed by atoms with E-state index in [9.17, 15) is 0 Å². The summed E-state index contributed by atoms with van der Waals surface area (Å²) in [6, 6.07) is 0. The van der Waals surface area contributed by atoms with Crippen LogP contribution in [0.3, 0.4) is 0 Å². The van der Waals surface area contributed by atoms with Crippen molar-refractivity contribution in [1.29, 1.82) is 0 Å². The molecule has 0 saturated heterocycles. The summed E-state index contributed by atoms with van der Waals surface area (Å²) < 4.78 is 0. The summed E-state index contributed by atoms with van der Waals surface area (Å²) in [7, 11) is 0.301. The van der Waals surface area contributed by atoms with E-state index in [-0.39, 0.29) is 0 Å². The van der Waals surface area contributed by atoms with E-state index >= 15 is 0 Å². The van der Waals surface area contributed by atoms with Crippen molar-refractivity contribution < 1.29 is 0 Å². The van der Waals surface area contributed by atoms with Crippen LogP contribution in [0.1, 0.15) is 76.0 Å². The van der Waals surface area contributed by atoms with Crippen LogP contribution in [0.2, 0.25) is 0 Å². The minimum Gasteiger partial charge on any atom is -0.255 e. The fourth-order valence-corrected chi connectivity index (χ4v) is 3.58. The fraction of sp³-hybridized carbons (Fsp3) is 0.706. The molecule has 0 fully saturated rings. The Morgan fingerprint density at radius 3 is 2.00 bits per heavy atom. The average Bonchev–Trinajstić information content (AvgIpc) is 2.48. The van der Waals surface area contributed by atoms with Crippen molar-refractivity contribution in [1.82, 2.24) is 4.98 Å². The minimum absolute atomic E-state index is 0.301. The normalized spacial score (nSPS) is 11.6. The quantitative estimate of drug-likeness (QED) is 0.515. The van der Waals surface area contributed by atoms with Crippen LogP contribution >= 0.6 is 19.2 Å². The highest BCUT2D eigenvalue weighted by atomic mass is 35.7. The summed E-state index contributed by atoms with van der Waals surface area (Å²) in [5.41, 5.74) is 5.67. The minimum atomic E-state index is 0.301. The van der Waals surface area contributed by atoms with Gasteiger partial charge in [-0.1, -0.05) is 51.3 Å². The van der Waals surface area contributed by atoms with Gasteiger partial charge >= 0.3 is 0 Å². The van der Waals surface area contributed by atoms with Gasteiger partial charge in [-0.25, -0.2) is 0 Å². The number of nitrogens with zero attached hydrogens (tertiary/aromatic N) is 1. The summed E-state index contributed by atoms with van der Waals surface area (Å²) in [5.74, 6) is 0. The smallest absolute Gasteiger partial charge is 0.0790 e. The molecule has 1 heterocycles. The molecule has 1 nitrogen and oxygen atoms in total. The van der Waals surface area contributed by atoms with E-state index in [1.165, 1.54) is 62.5 Å². The monoisotopic (exact) mass is 313 g/mol. The lowest BCUT2D eigenvalue weighted by Gasteiger charge is -2.17. The molecule has 0 radical (unpaired) electrons. The molecule has 1 aromatic heterocycles. The predicted molar refractivity (Wildman–Crippen MR) is 93.9 cm³/mol. The second kappa shape index (κ2) is 10.6. The largest absolute Gasteiger partial charge is 0.255 e. The topological polar surface area (TPSA) is 12.9 Å². The van der Waals surface area contributed by atoms with E-state index in [1.807, 2.05) is 0 Å². The number of unbranched alkanes of at least 4 members (excludes halogenated alkanes) is 3. The number of aromatic nitrogens is 1. The van der Waals surface area contributed by atoms with E-state index in [2.05, 4.69) is 32.0 Å². The van der Waals surface area contributed by atoms with Gasteiger partial charge in [0.2, 0.25) is 0 Å². The van der Waals surface area contributed by atoms with Crippen molar-refractivity contribution in [3.63, 3.8) is 0 Å². The van der Waals surface area contributed by atoms with Crippen LogP contribution in [0.15, 0.2) is 6.20 Å². The summed E-state index contributed by atoms with van der Waals surface area (Å²) in [6.45, 7) is 6.78. The first-order valence-electron chi connectivity index (χ1n) is 8.14. The Bertz CT molecular complexity index is 393. The second-order valence-corrected chi connectivity index (χ2v) is 6.72. The molecule has 0 aliphatic heterocycles. The second-order valence-electron chi connectivity index (χ2n) is 5.49. The van der Waals surface area contributed by atoms with Crippen LogP contribution in [0, 0.1) is 0 Å². The Balaban J connectivity index is 3.09. The Kier molecular flexibility index (Phi) is 9.48. The summed E-state index contributed by atoms with van der Waals surface area (Å²) in [6.07, 6.45) is 13.1. The van der Waals surface area contributed by atoms with Gasteiger partial charge in [-0.3, -0.25) is 4.98 Å². The lowest BCUT2D eigenvalue weighted by molar-refractivity contribution is 0.733. The fourth-order valence-electron chi connectivity index (χ4n) is 2.59. The zero-order valence-corrected chi connectivity index (χ0v) is 15.0. The molecule has 0 N–H and O–H groups in total. The zero-order chi connectivity index (χ0) is 14.8. The molecular weight excluding hydrogens is 285 g/mol. The van der Waals surface area contributed by atoms with Gasteiger partial charge in [-0.05, 0) is 55.2 Å². The molecule has 0 aromatic carbocycles. The number of halogens is 1.